The lowest BCUT2D eigenvalue weighted by atomic mass is 10.0. The highest BCUT2D eigenvalue weighted by Gasteiger charge is 2.32. The quantitative estimate of drug-likeness (QED) is 0.928. The summed E-state index contributed by atoms with van der Waals surface area (Å²) in [5.74, 6) is 0.161. The SMILES string of the molecule is O=C(NC1CCN(C2CC2)CC1)c1cc2c(s1)CCC2. The third-order valence-electron chi connectivity index (χ3n) is 4.90. The highest BCUT2D eigenvalue weighted by Crippen LogP contribution is 2.31. The summed E-state index contributed by atoms with van der Waals surface area (Å²) < 4.78 is 0. The minimum Gasteiger partial charge on any atom is -0.349 e. The van der Waals surface area contributed by atoms with E-state index in [2.05, 4.69) is 16.3 Å². The highest BCUT2D eigenvalue weighted by molar-refractivity contribution is 7.14. The fourth-order valence-electron chi connectivity index (χ4n) is 3.55. The van der Waals surface area contributed by atoms with Gasteiger partial charge in [-0.2, -0.15) is 0 Å². The van der Waals surface area contributed by atoms with Crippen molar-refractivity contribution in [3.05, 3.63) is 21.4 Å². The molecule has 0 aromatic carbocycles. The van der Waals surface area contributed by atoms with Crippen LogP contribution in [0.25, 0.3) is 0 Å². The summed E-state index contributed by atoms with van der Waals surface area (Å²) in [6.45, 7) is 2.33. The standard InChI is InChI=1S/C16H22N2OS/c19-16(15-10-11-2-1-3-14(11)20-15)17-12-6-8-18(9-7-12)13-4-5-13/h10,12-13H,1-9H2,(H,17,19). The van der Waals surface area contributed by atoms with E-state index in [1.165, 1.54) is 42.5 Å². The van der Waals surface area contributed by atoms with E-state index in [4.69, 9.17) is 0 Å². The number of fused-ring (bicyclic) bond motifs is 1. The average molecular weight is 290 g/mol. The number of carbonyl (C=O) groups is 1. The Morgan fingerprint density at radius 2 is 2.00 bits per heavy atom. The Hall–Kier alpha value is -0.870. The lowest BCUT2D eigenvalue weighted by Gasteiger charge is -2.32. The molecule has 1 saturated heterocycles. The Labute approximate surface area is 124 Å². The van der Waals surface area contributed by atoms with Crippen molar-refractivity contribution < 1.29 is 4.79 Å². The second kappa shape index (κ2) is 5.15. The van der Waals surface area contributed by atoms with Crippen molar-refractivity contribution in [3.63, 3.8) is 0 Å². The minimum atomic E-state index is 0.161. The summed E-state index contributed by atoms with van der Waals surface area (Å²) >= 11 is 1.71. The van der Waals surface area contributed by atoms with Crippen LogP contribution in [-0.4, -0.2) is 36.0 Å². The van der Waals surface area contributed by atoms with Crippen LogP contribution < -0.4 is 5.32 Å². The van der Waals surface area contributed by atoms with Crippen molar-refractivity contribution in [2.24, 2.45) is 0 Å². The third kappa shape index (κ3) is 2.51. The van der Waals surface area contributed by atoms with E-state index in [9.17, 15) is 4.79 Å². The number of likely N-dealkylation sites (tertiary alicyclic amines) is 1. The molecule has 1 amide bonds. The van der Waals surface area contributed by atoms with E-state index in [-0.39, 0.29) is 5.91 Å². The fourth-order valence-corrected chi connectivity index (χ4v) is 4.70. The van der Waals surface area contributed by atoms with Gasteiger partial charge in [0.2, 0.25) is 0 Å². The molecule has 3 aliphatic rings. The normalized spacial score (nSPS) is 23.8. The largest absolute Gasteiger partial charge is 0.349 e. The number of aryl methyl sites for hydroxylation is 2. The molecule has 4 heteroatoms. The van der Waals surface area contributed by atoms with Crippen molar-refractivity contribution in [2.75, 3.05) is 13.1 Å². The molecule has 0 bridgehead atoms. The van der Waals surface area contributed by atoms with Crippen molar-refractivity contribution in [2.45, 2.75) is 57.0 Å². The zero-order valence-corrected chi connectivity index (χ0v) is 12.7. The summed E-state index contributed by atoms with van der Waals surface area (Å²) in [6, 6.07) is 3.38. The minimum absolute atomic E-state index is 0.161. The number of piperidine rings is 1. The zero-order chi connectivity index (χ0) is 13.5. The molecule has 2 aliphatic carbocycles. The van der Waals surface area contributed by atoms with Gasteiger partial charge in [-0.25, -0.2) is 0 Å². The van der Waals surface area contributed by atoms with Gasteiger partial charge in [-0.15, -0.1) is 11.3 Å². The number of rotatable bonds is 3. The molecule has 108 valence electrons. The molecule has 1 aliphatic heterocycles. The third-order valence-corrected chi connectivity index (χ3v) is 6.13. The van der Waals surface area contributed by atoms with Crippen LogP contribution in [-0.2, 0) is 12.8 Å². The summed E-state index contributed by atoms with van der Waals surface area (Å²) in [5, 5.41) is 3.25. The van der Waals surface area contributed by atoms with Crippen LogP contribution in [0.2, 0.25) is 0 Å². The van der Waals surface area contributed by atoms with E-state index in [0.717, 1.165) is 36.9 Å². The first-order valence-corrected chi connectivity index (χ1v) is 8.78. The molecular weight excluding hydrogens is 268 g/mol. The van der Waals surface area contributed by atoms with E-state index >= 15 is 0 Å². The van der Waals surface area contributed by atoms with Gasteiger partial charge in [0.1, 0.15) is 0 Å². The van der Waals surface area contributed by atoms with Gasteiger partial charge in [-0.1, -0.05) is 0 Å². The number of nitrogens with zero attached hydrogens (tertiary/aromatic N) is 1. The second-order valence-electron chi connectivity index (χ2n) is 6.43. The molecule has 1 aromatic rings. The molecule has 3 nitrogen and oxygen atoms in total. The molecule has 0 radical (unpaired) electrons. The summed E-state index contributed by atoms with van der Waals surface area (Å²) in [5.41, 5.74) is 1.42. The second-order valence-corrected chi connectivity index (χ2v) is 7.56. The molecule has 1 saturated carbocycles. The summed E-state index contributed by atoms with van der Waals surface area (Å²) in [7, 11) is 0. The average Bonchev–Trinajstić information content (AvgIpc) is 3.07. The van der Waals surface area contributed by atoms with Gasteiger partial charge in [0, 0.05) is 30.1 Å². The van der Waals surface area contributed by atoms with Crippen molar-refractivity contribution in [1.82, 2.24) is 10.2 Å². The van der Waals surface area contributed by atoms with Gasteiger partial charge in [-0.05, 0) is 56.6 Å². The lowest BCUT2D eigenvalue weighted by molar-refractivity contribution is 0.0913. The number of thiophene rings is 1. The molecular formula is C16H22N2OS. The Kier molecular flexibility index (Phi) is 3.31. The van der Waals surface area contributed by atoms with Gasteiger partial charge >= 0.3 is 0 Å². The van der Waals surface area contributed by atoms with E-state index in [1.807, 2.05) is 0 Å². The molecule has 4 rings (SSSR count). The first-order valence-electron chi connectivity index (χ1n) is 7.96. The van der Waals surface area contributed by atoms with Crippen LogP contribution in [0.1, 0.15) is 52.2 Å². The maximum Gasteiger partial charge on any atom is 0.261 e. The molecule has 2 fully saturated rings. The van der Waals surface area contributed by atoms with Crippen molar-refractivity contribution in [1.29, 1.82) is 0 Å². The number of hydrogen-bond acceptors (Lipinski definition) is 3. The smallest absolute Gasteiger partial charge is 0.261 e. The van der Waals surface area contributed by atoms with Crippen LogP contribution in [0, 0.1) is 0 Å². The number of hydrogen-bond donors (Lipinski definition) is 1. The molecule has 0 unspecified atom stereocenters. The lowest BCUT2D eigenvalue weighted by Crippen LogP contribution is -2.45. The number of carbonyl (C=O) groups excluding carboxylic acids is 1. The van der Waals surface area contributed by atoms with Crippen molar-refractivity contribution >= 4 is 17.2 Å². The molecule has 2 heterocycles. The first kappa shape index (κ1) is 12.8. The van der Waals surface area contributed by atoms with Gasteiger partial charge < -0.3 is 10.2 Å². The predicted octanol–water partition coefficient (Wildman–Crippen LogP) is 2.59. The molecule has 0 atom stereocenters. The molecule has 1 aromatic heterocycles. The number of amides is 1. The topological polar surface area (TPSA) is 32.3 Å². The molecule has 1 N–H and O–H groups in total. The maximum atomic E-state index is 12.3. The van der Waals surface area contributed by atoms with E-state index in [0.29, 0.717) is 6.04 Å². The van der Waals surface area contributed by atoms with Gasteiger partial charge in [0.05, 0.1) is 4.88 Å². The van der Waals surface area contributed by atoms with Gasteiger partial charge in [0.25, 0.3) is 5.91 Å². The predicted molar refractivity (Wildman–Crippen MR) is 81.4 cm³/mol. The summed E-state index contributed by atoms with van der Waals surface area (Å²) in [4.78, 5) is 17.3. The Bertz CT molecular complexity index is 491. The Morgan fingerprint density at radius 3 is 2.70 bits per heavy atom. The first-order chi connectivity index (χ1) is 9.79. The summed E-state index contributed by atoms with van der Waals surface area (Å²) in [6.07, 6.45) is 8.62. The van der Waals surface area contributed by atoms with Gasteiger partial charge in [0.15, 0.2) is 0 Å². The Balaban J connectivity index is 1.33. The molecule has 20 heavy (non-hydrogen) atoms. The van der Waals surface area contributed by atoms with Crippen LogP contribution in [0.3, 0.4) is 0 Å². The van der Waals surface area contributed by atoms with Crippen LogP contribution >= 0.6 is 11.3 Å². The monoisotopic (exact) mass is 290 g/mol. The van der Waals surface area contributed by atoms with E-state index < -0.39 is 0 Å². The van der Waals surface area contributed by atoms with Crippen molar-refractivity contribution in [3.8, 4) is 0 Å². The highest BCUT2D eigenvalue weighted by atomic mass is 32.1. The number of nitrogens with one attached hydrogen (secondary N) is 1. The van der Waals surface area contributed by atoms with Crippen LogP contribution in [0.4, 0.5) is 0 Å². The molecule has 0 spiro atoms. The van der Waals surface area contributed by atoms with Crippen LogP contribution in [0.5, 0.6) is 0 Å². The maximum absolute atomic E-state index is 12.3. The van der Waals surface area contributed by atoms with E-state index in [1.54, 1.807) is 11.3 Å². The zero-order valence-electron chi connectivity index (χ0n) is 11.9. The van der Waals surface area contributed by atoms with Crippen LogP contribution in [0.15, 0.2) is 6.07 Å². The van der Waals surface area contributed by atoms with Gasteiger partial charge in [-0.3, -0.25) is 4.79 Å². The Morgan fingerprint density at radius 1 is 1.20 bits per heavy atom. The fraction of sp³-hybridized carbons (Fsp3) is 0.688.